The second kappa shape index (κ2) is 6.73. The van der Waals surface area contributed by atoms with Crippen LogP contribution in [0.15, 0.2) is 24.3 Å². The number of carbonyl (C=O) groups excluding carboxylic acids is 1. The maximum Gasteiger partial charge on any atom is 0.236 e. The number of ether oxygens (including phenoxy) is 1. The van der Waals surface area contributed by atoms with Crippen LogP contribution < -0.4 is 11.1 Å². The highest BCUT2D eigenvalue weighted by molar-refractivity contribution is 6.30. The second-order valence-corrected chi connectivity index (χ2v) is 4.73. The predicted octanol–water partition coefficient (Wildman–Crippen LogP) is 1.88. The SMILES string of the molecule is COC(c1ccc(Cl)cc1)C(C)NC(=O)[C@H](C)N. The Morgan fingerprint density at radius 2 is 1.89 bits per heavy atom. The molecule has 18 heavy (non-hydrogen) atoms. The fourth-order valence-electron chi connectivity index (χ4n) is 1.71. The molecule has 1 aromatic rings. The molecule has 4 nitrogen and oxygen atoms in total. The fraction of sp³-hybridized carbons (Fsp3) is 0.462. The lowest BCUT2D eigenvalue weighted by Gasteiger charge is -2.25. The molecule has 1 aromatic carbocycles. The molecule has 0 heterocycles. The minimum absolute atomic E-state index is 0.172. The highest BCUT2D eigenvalue weighted by Gasteiger charge is 2.21. The molecule has 1 rings (SSSR count). The zero-order valence-electron chi connectivity index (χ0n) is 10.8. The van der Waals surface area contributed by atoms with Gasteiger partial charge in [-0.15, -0.1) is 0 Å². The first-order chi connectivity index (χ1) is 8.45. The van der Waals surface area contributed by atoms with E-state index in [4.69, 9.17) is 22.1 Å². The zero-order valence-corrected chi connectivity index (χ0v) is 11.6. The largest absolute Gasteiger partial charge is 0.375 e. The van der Waals surface area contributed by atoms with E-state index in [2.05, 4.69) is 5.32 Å². The summed E-state index contributed by atoms with van der Waals surface area (Å²) in [5, 5.41) is 3.49. The Labute approximate surface area is 112 Å². The first-order valence-corrected chi connectivity index (χ1v) is 6.17. The van der Waals surface area contributed by atoms with Gasteiger partial charge in [0.1, 0.15) is 6.10 Å². The van der Waals surface area contributed by atoms with Crippen molar-refractivity contribution < 1.29 is 9.53 Å². The topological polar surface area (TPSA) is 64.3 Å². The van der Waals surface area contributed by atoms with Crippen molar-refractivity contribution in [2.75, 3.05) is 7.11 Å². The van der Waals surface area contributed by atoms with Gasteiger partial charge < -0.3 is 15.8 Å². The normalized spacial score (nSPS) is 15.8. The minimum atomic E-state index is -0.532. The maximum absolute atomic E-state index is 11.5. The van der Waals surface area contributed by atoms with Gasteiger partial charge in [-0.3, -0.25) is 4.79 Å². The molecule has 0 aliphatic rings. The van der Waals surface area contributed by atoms with E-state index in [1.54, 1.807) is 26.2 Å². The maximum atomic E-state index is 11.5. The van der Waals surface area contributed by atoms with Gasteiger partial charge in [-0.25, -0.2) is 0 Å². The summed E-state index contributed by atoms with van der Waals surface area (Å²) >= 11 is 5.84. The van der Waals surface area contributed by atoms with Gasteiger partial charge >= 0.3 is 0 Å². The summed E-state index contributed by atoms with van der Waals surface area (Å²) in [6, 6.07) is 6.65. The Morgan fingerprint density at radius 1 is 1.33 bits per heavy atom. The first-order valence-electron chi connectivity index (χ1n) is 5.80. The third kappa shape index (κ3) is 3.98. The van der Waals surface area contributed by atoms with E-state index in [1.807, 2.05) is 19.1 Å². The van der Waals surface area contributed by atoms with E-state index < -0.39 is 6.04 Å². The number of hydrogen-bond acceptors (Lipinski definition) is 3. The molecule has 0 aliphatic carbocycles. The molecule has 2 unspecified atom stereocenters. The van der Waals surface area contributed by atoms with Crippen molar-refractivity contribution in [3.8, 4) is 0 Å². The van der Waals surface area contributed by atoms with Crippen LogP contribution in [-0.4, -0.2) is 25.1 Å². The Hall–Kier alpha value is -1.10. The highest BCUT2D eigenvalue weighted by atomic mass is 35.5. The molecule has 0 bridgehead atoms. The summed E-state index contributed by atoms with van der Waals surface area (Å²) < 4.78 is 5.42. The molecule has 0 radical (unpaired) electrons. The van der Waals surface area contributed by atoms with Crippen LogP contribution in [0.5, 0.6) is 0 Å². The molecule has 0 spiro atoms. The average molecular weight is 271 g/mol. The number of amides is 1. The van der Waals surface area contributed by atoms with Gasteiger partial charge in [0.2, 0.25) is 5.91 Å². The number of hydrogen-bond donors (Lipinski definition) is 2. The summed E-state index contributed by atoms with van der Waals surface area (Å²) in [6.07, 6.45) is -0.232. The van der Waals surface area contributed by atoms with Crippen molar-refractivity contribution in [3.63, 3.8) is 0 Å². The lowest BCUT2D eigenvalue weighted by atomic mass is 10.0. The summed E-state index contributed by atoms with van der Waals surface area (Å²) in [5.41, 5.74) is 6.47. The van der Waals surface area contributed by atoms with Crippen molar-refractivity contribution in [1.29, 1.82) is 0 Å². The number of halogens is 1. The molecule has 0 aliphatic heterocycles. The Balaban J connectivity index is 2.76. The van der Waals surface area contributed by atoms with E-state index in [0.717, 1.165) is 5.56 Å². The molecule has 0 fully saturated rings. The van der Waals surface area contributed by atoms with E-state index in [9.17, 15) is 4.79 Å². The van der Waals surface area contributed by atoms with Crippen molar-refractivity contribution in [1.82, 2.24) is 5.32 Å². The van der Waals surface area contributed by atoms with Gasteiger partial charge in [0, 0.05) is 12.1 Å². The predicted molar refractivity (Wildman–Crippen MR) is 72.5 cm³/mol. The van der Waals surface area contributed by atoms with Gasteiger partial charge in [-0.05, 0) is 31.5 Å². The molecule has 3 N–H and O–H groups in total. The summed E-state index contributed by atoms with van der Waals surface area (Å²) in [5.74, 6) is -0.196. The van der Waals surface area contributed by atoms with Crippen LogP contribution in [0.4, 0.5) is 0 Å². The molecular weight excluding hydrogens is 252 g/mol. The van der Waals surface area contributed by atoms with Gasteiger partial charge in [0.05, 0.1) is 12.1 Å². The zero-order chi connectivity index (χ0) is 13.7. The first kappa shape index (κ1) is 15.0. The average Bonchev–Trinajstić information content (AvgIpc) is 2.32. The molecular formula is C13H19ClN2O2. The second-order valence-electron chi connectivity index (χ2n) is 4.29. The van der Waals surface area contributed by atoms with Crippen molar-refractivity contribution in [2.45, 2.75) is 32.0 Å². The van der Waals surface area contributed by atoms with Gasteiger partial charge in [0.15, 0.2) is 0 Å². The summed E-state index contributed by atoms with van der Waals surface area (Å²) in [6.45, 7) is 3.52. The third-order valence-corrected chi connectivity index (χ3v) is 2.94. The summed E-state index contributed by atoms with van der Waals surface area (Å²) in [7, 11) is 1.60. The van der Waals surface area contributed by atoms with Crippen LogP contribution in [0.3, 0.4) is 0 Å². The van der Waals surface area contributed by atoms with Crippen LogP contribution in [0.1, 0.15) is 25.5 Å². The van der Waals surface area contributed by atoms with Crippen molar-refractivity contribution in [2.24, 2.45) is 5.73 Å². The lowest BCUT2D eigenvalue weighted by molar-refractivity contribution is -0.123. The third-order valence-electron chi connectivity index (χ3n) is 2.69. The minimum Gasteiger partial charge on any atom is -0.375 e. The standard InChI is InChI=1S/C13H19ClN2O2/c1-8(15)13(17)16-9(2)12(18-3)10-4-6-11(14)7-5-10/h4-9,12H,15H2,1-3H3,(H,16,17)/t8-,9?,12?/m0/s1. The number of carbonyl (C=O) groups is 1. The number of methoxy groups -OCH3 is 1. The van der Waals surface area contributed by atoms with Crippen LogP contribution >= 0.6 is 11.6 Å². The van der Waals surface area contributed by atoms with Crippen LogP contribution in [0.25, 0.3) is 0 Å². The number of nitrogens with two attached hydrogens (primary N) is 1. The number of benzene rings is 1. The quantitative estimate of drug-likeness (QED) is 0.859. The van der Waals surface area contributed by atoms with Crippen molar-refractivity contribution >= 4 is 17.5 Å². The van der Waals surface area contributed by atoms with E-state index >= 15 is 0 Å². The molecule has 0 saturated heterocycles. The molecule has 0 aromatic heterocycles. The number of rotatable bonds is 5. The Kier molecular flexibility index (Phi) is 5.59. The molecule has 100 valence electrons. The highest BCUT2D eigenvalue weighted by Crippen LogP contribution is 2.22. The molecule has 3 atom stereocenters. The molecule has 5 heteroatoms. The van der Waals surface area contributed by atoms with Gasteiger partial charge in [-0.2, -0.15) is 0 Å². The monoisotopic (exact) mass is 270 g/mol. The fourth-order valence-corrected chi connectivity index (χ4v) is 1.84. The number of nitrogens with one attached hydrogen (secondary N) is 1. The Bertz CT molecular complexity index is 392. The Morgan fingerprint density at radius 3 is 2.33 bits per heavy atom. The molecule has 0 saturated carbocycles. The summed E-state index contributed by atoms with van der Waals surface area (Å²) in [4.78, 5) is 11.5. The van der Waals surface area contributed by atoms with Crippen LogP contribution in [0, 0.1) is 0 Å². The van der Waals surface area contributed by atoms with Gasteiger partial charge in [0.25, 0.3) is 0 Å². The van der Waals surface area contributed by atoms with Crippen LogP contribution in [0.2, 0.25) is 5.02 Å². The van der Waals surface area contributed by atoms with E-state index in [-0.39, 0.29) is 18.1 Å². The van der Waals surface area contributed by atoms with Gasteiger partial charge in [-0.1, -0.05) is 23.7 Å². The van der Waals surface area contributed by atoms with E-state index in [0.29, 0.717) is 5.02 Å². The smallest absolute Gasteiger partial charge is 0.236 e. The van der Waals surface area contributed by atoms with Crippen LogP contribution in [-0.2, 0) is 9.53 Å². The molecule has 1 amide bonds. The van der Waals surface area contributed by atoms with Crippen molar-refractivity contribution in [3.05, 3.63) is 34.9 Å². The lowest BCUT2D eigenvalue weighted by Crippen LogP contribution is -2.45. The van der Waals surface area contributed by atoms with E-state index in [1.165, 1.54) is 0 Å².